The Balaban J connectivity index is 3.67. The third-order valence-electron chi connectivity index (χ3n) is 0.683. The second-order valence-electron chi connectivity index (χ2n) is 1.64. The first-order valence-corrected chi connectivity index (χ1v) is 4.32. The zero-order chi connectivity index (χ0) is 8.20. The van der Waals surface area contributed by atoms with Crippen LogP contribution in [0.4, 0.5) is 0 Å². The third-order valence-corrected chi connectivity index (χ3v) is 1.23. The highest BCUT2D eigenvalue weighted by atomic mass is 32.2. The van der Waals surface area contributed by atoms with Gasteiger partial charge in [-0.3, -0.25) is 8.98 Å². The molecule has 0 aromatic heterocycles. The van der Waals surface area contributed by atoms with E-state index in [-0.39, 0.29) is 0 Å². The molecule has 0 unspecified atom stereocenters. The van der Waals surface area contributed by atoms with E-state index in [1.165, 1.54) is 7.05 Å². The average Bonchev–Trinajstić information content (AvgIpc) is 1.81. The van der Waals surface area contributed by atoms with Crippen LogP contribution in [0.5, 0.6) is 0 Å². The SMILES string of the molecule is CNC(=O)COS(C)(=O)=O. The molecule has 10 heavy (non-hydrogen) atoms. The molecule has 0 heterocycles. The number of carbonyl (C=O) groups is 1. The Bertz CT molecular complexity index is 207. The van der Waals surface area contributed by atoms with Gasteiger partial charge in [0.1, 0.15) is 6.61 Å². The second kappa shape index (κ2) is 3.52. The first kappa shape index (κ1) is 9.38. The maximum absolute atomic E-state index is 10.4. The molecule has 0 aliphatic heterocycles. The van der Waals surface area contributed by atoms with Crippen LogP contribution < -0.4 is 5.32 Å². The predicted octanol–water partition coefficient (Wildman–Crippen LogP) is -1.29. The Morgan fingerprint density at radius 2 is 2.10 bits per heavy atom. The molecule has 0 aliphatic carbocycles. The number of hydrogen-bond donors (Lipinski definition) is 1. The van der Waals surface area contributed by atoms with Crippen LogP contribution in [0.2, 0.25) is 0 Å². The standard InChI is InChI=1S/C4H9NO4S/c1-5-4(6)3-9-10(2,7)8/h3H2,1-2H3,(H,5,6). The minimum atomic E-state index is -3.49. The lowest BCUT2D eigenvalue weighted by atomic mass is 10.7. The summed E-state index contributed by atoms with van der Waals surface area (Å²) in [5, 5.41) is 2.21. The van der Waals surface area contributed by atoms with Gasteiger partial charge in [0.05, 0.1) is 6.26 Å². The molecule has 0 atom stereocenters. The van der Waals surface area contributed by atoms with E-state index in [1.54, 1.807) is 0 Å². The molecule has 0 saturated carbocycles. The van der Waals surface area contributed by atoms with Crippen LogP contribution >= 0.6 is 0 Å². The summed E-state index contributed by atoms with van der Waals surface area (Å²) < 4.78 is 24.6. The maximum atomic E-state index is 10.4. The van der Waals surface area contributed by atoms with E-state index in [0.29, 0.717) is 0 Å². The van der Waals surface area contributed by atoms with Gasteiger partial charge < -0.3 is 5.32 Å². The topological polar surface area (TPSA) is 72.5 Å². The fourth-order valence-electron chi connectivity index (χ4n) is 0.233. The van der Waals surface area contributed by atoms with Crippen LogP contribution in [0.3, 0.4) is 0 Å². The van der Waals surface area contributed by atoms with Gasteiger partial charge in [-0.15, -0.1) is 0 Å². The van der Waals surface area contributed by atoms with Crippen LogP contribution in [0, 0.1) is 0 Å². The summed E-state index contributed by atoms with van der Waals surface area (Å²) in [5.74, 6) is -0.467. The monoisotopic (exact) mass is 167 g/mol. The molecular weight excluding hydrogens is 158 g/mol. The van der Waals surface area contributed by atoms with Crippen molar-refractivity contribution in [3.05, 3.63) is 0 Å². The highest BCUT2D eigenvalue weighted by Gasteiger charge is 2.04. The van der Waals surface area contributed by atoms with Gasteiger partial charge in [0.25, 0.3) is 10.1 Å². The van der Waals surface area contributed by atoms with Gasteiger partial charge in [-0.25, -0.2) is 0 Å². The van der Waals surface area contributed by atoms with E-state index in [0.717, 1.165) is 6.26 Å². The first-order chi connectivity index (χ1) is 4.45. The normalized spacial score (nSPS) is 11.0. The van der Waals surface area contributed by atoms with Crippen molar-refractivity contribution in [1.29, 1.82) is 0 Å². The lowest BCUT2D eigenvalue weighted by Crippen LogP contribution is -2.24. The van der Waals surface area contributed by atoms with Gasteiger partial charge in [-0.2, -0.15) is 8.42 Å². The molecule has 1 amide bonds. The Kier molecular flexibility index (Phi) is 3.31. The molecule has 6 heteroatoms. The van der Waals surface area contributed by atoms with Crippen molar-refractivity contribution in [2.24, 2.45) is 0 Å². The molecule has 0 aromatic rings. The number of nitrogens with one attached hydrogen (secondary N) is 1. The molecule has 60 valence electrons. The number of amides is 1. The molecule has 5 nitrogen and oxygen atoms in total. The summed E-state index contributed by atoms with van der Waals surface area (Å²) in [4.78, 5) is 10.4. The van der Waals surface area contributed by atoms with E-state index in [9.17, 15) is 13.2 Å². The molecule has 0 spiro atoms. The molecule has 0 aliphatic rings. The summed E-state index contributed by atoms with van der Waals surface area (Å²) >= 11 is 0. The van der Waals surface area contributed by atoms with E-state index >= 15 is 0 Å². The molecular formula is C4H9NO4S. The Hall–Kier alpha value is -0.620. The molecule has 0 bridgehead atoms. The number of carbonyl (C=O) groups excluding carboxylic acids is 1. The van der Waals surface area contributed by atoms with Crippen LogP contribution in [0.25, 0.3) is 0 Å². The number of likely N-dealkylation sites (N-methyl/N-ethyl adjacent to an activating group) is 1. The van der Waals surface area contributed by atoms with Crippen molar-refractivity contribution < 1.29 is 17.4 Å². The largest absolute Gasteiger partial charge is 0.357 e. The van der Waals surface area contributed by atoms with E-state index in [1.807, 2.05) is 0 Å². The quantitative estimate of drug-likeness (QED) is 0.531. The van der Waals surface area contributed by atoms with Crippen LogP contribution in [-0.2, 0) is 19.1 Å². The summed E-state index contributed by atoms with van der Waals surface area (Å²) in [7, 11) is -2.09. The van der Waals surface area contributed by atoms with Gasteiger partial charge in [-0.1, -0.05) is 0 Å². The van der Waals surface area contributed by atoms with Crippen LogP contribution in [-0.4, -0.2) is 34.2 Å². The number of hydrogen-bond acceptors (Lipinski definition) is 4. The maximum Gasteiger partial charge on any atom is 0.264 e. The smallest absolute Gasteiger partial charge is 0.264 e. The van der Waals surface area contributed by atoms with Crippen LogP contribution in [0.15, 0.2) is 0 Å². The lowest BCUT2D eigenvalue weighted by molar-refractivity contribution is -0.122. The third kappa shape index (κ3) is 5.52. The zero-order valence-electron chi connectivity index (χ0n) is 5.75. The molecule has 0 rings (SSSR count). The zero-order valence-corrected chi connectivity index (χ0v) is 6.56. The second-order valence-corrected chi connectivity index (χ2v) is 3.28. The highest BCUT2D eigenvalue weighted by Crippen LogP contribution is 1.84. The summed E-state index contributed by atoms with van der Waals surface area (Å²) in [5.41, 5.74) is 0. The Morgan fingerprint density at radius 3 is 2.40 bits per heavy atom. The van der Waals surface area contributed by atoms with Crippen LogP contribution in [0.1, 0.15) is 0 Å². The van der Waals surface area contributed by atoms with Gasteiger partial charge >= 0.3 is 0 Å². The fraction of sp³-hybridized carbons (Fsp3) is 0.750. The summed E-state index contributed by atoms with van der Waals surface area (Å²) in [6.07, 6.45) is 0.885. The molecule has 1 N–H and O–H groups in total. The number of rotatable bonds is 3. The predicted molar refractivity (Wildman–Crippen MR) is 34.9 cm³/mol. The van der Waals surface area contributed by atoms with Gasteiger partial charge in [0.2, 0.25) is 5.91 Å². The summed E-state index contributed by atoms with van der Waals surface area (Å²) in [6, 6.07) is 0. The lowest BCUT2D eigenvalue weighted by Gasteiger charge is -1.97. The molecule has 0 radical (unpaired) electrons. The first-order valence-electron chi connectivity index (χ1n) is 2.50. The molecule has 0 saturated heterocycles. The van der Waals surface area contributed by atoms with E-state index in [4.69, 9.17) is 0 Å². The van der Waals surface area contributed by atoms with E-state index < -0.39 is 22.6 Å². The van der Waals surface area contributed by atoms with E-state index in [2.05, 4.69) is 9.50 Å². The van der Waals surface area contributed by atoms with Crippen molar-refractivity contribution in [1.82, 2.24) is 5.32 Å². The van der Waals surface area contributed by atoms with Crippen molar-refractivity contribution in [2.45, 2.75) is 0 Å². The van der Waals surface area contributed by atoms with Gasteiger partial charge in [0, 0.05) is 7.05 Å². The minimum absolute atomic E-state index is 0.449. The molecule has 0 fully saturated rings. The highest BCUT2D eigenvalue weighted by molar-refractivity contribution is 7.86. The van der Waals surface area contributed by atoms with Crippen molar-refractivity contribution in [2.75, 3.05) is 19.9 Å². The molecule has 0 aromatic carbocycles. The Morgan fingerprint density at radius 1 is 1.60 bits per heavy atom. The average molecular weight is 167 g/mol. The van der Waals surface area contributed by atoms with Crippen molar-refractivity contribution in [3.63, 3.8) is 0 Å². The van der Waals surface area contributed by atoms with Crippen molar-refractivity contribution in [3.8, 4) is 0 Å². The summed E-state index contributed by atoms with van der Waals surface area (Å²) in [6.45, 7) is -0.449. The van der Waals surface area contributed by atoms with Gasteiger partial charge in [0.15, 0.2) is 0 Å². The fourth-order valence-corrected chi connectivity index (χ4v) is 0.554. The van der Waals surface area contributed by atoms with Gasteiger partial charge in [-0.05, 0) is 0 Å². The Labute approximate surface area is 59.5 Å². The van der Waals surface area contributed by atoms with Crippen molar-refractivity contribution >= 4 is 16.0 Å². The minimum Gasteiger partial charge on any atom is -0.357 e.